The molecule has 1 spiro atoms. The van der Waals surface area contributed by atoms with Crippen molar-refractivity contribution in [3.8, 4) is 0 Å². The molecule has 2 aliphatic rings. The van der Waals surface area contributed by atoms with Crippen molar-refractivity contribution in [1.29, 1.82) is 0 Å². The third-order valence-corrected chi connectivity index (χ3v) is 8.05. The van der Waals surface area contributed by atoms with Gasteiger partial charge in [0.15, 0.2) is 0 Å². The predicted octanol–water partition coefficient (Wildman–Crippen LogP) is 5.29. The van der Waals surface area contributed by atoms with Crippen LogP contribution in [0.2, 0.25) is 0 Å². The molecular formula is C24H25F4N3OS. The maximum atomic E-state index is 14.8. The molecule has 2 aromatic carbocycles. The molecule has 2 N–H and O–H groups in total. The van der Waals surface area contributed by atoms with Gasteiger partial charge in [-0.05, 0) is 73.5 Å². The second-order valence-corrected chi connectivity index (χ2v) is 9.73. The monoisotopic (exact) mass is 479 g/mol. The Hall–Kier alpha value is -2.39. The van der Waals surface area contributed by atoms with Crippen LogP contribution in [0.5, 0.6) is 0 Å². The van der Waals surface area contributed by atoms with Gasteiger partial charge in [0.25, 0.3) is 0 Å². The highest BCUT2D eigenvalue weighted by atomic mass is 32.2. The van der Waals surface area contributed by atoms with Crippen LogP contribution in [0.1, 0.15) is 49.8 Å². The van der Waals surface area contributed by atoms with Crippen molar-refractivity contribution in [2.75, 3.05) is 6.54 Å². The number of nitrogens with two attached hydrogens (primary N) is 1. The SMILES string of the molecule is CC[C@@H](C)C(=O)N1N=C(c2cc(F)ccc2F)S[C@@]12c1cc(F)cc(F)c1CCC2CCN. The summed E-state index contributed by atoms with van der Waals surface area (Å²) in [5.74, 6) is -3.92. The van der Waals surface area contributed by atoms with Gasteiger partial charge >= 0.3 is 0 Å². The highest BCUT2D eigenvalue weighted by Gasteiger charge is 2.57. The first-order valence-corrected chi connectivity index (χ1v) is 11.8. The molecule has 4 rings (SSSR count). The summed E-state index contributed by atoms with van der Waals surface area (Å²) in [4.78, 5) is 12.2. The molecule has 1 unspecified atom stereocenters. The fourth-order valence-electron chi connectivity index (χ4n) is 4.62. The number of hydrazone groups is 1. The molecule has 33 heavy (non-hydrogen) atoms. The molecule has 1 aliphatic carbocycles. The zero-order valence-corrected chi connectivity index (χ0v) is 19.2. The Balaban J connectivity index is 1.97. The van der Waals surface area contributed by atoms with Crippen molar-refractivity contribution >= 4 is 22.7 Å². The van der Waals surface area contributed by atoms with E-state index in [0.717, 1.165) is 36.0 Å². The zero-order chi connectivity index (χ0) is 23.9. The Kier molecular flexibility index (Phi) is 6.55. The number of hydrogen-bond acceptors (Lipinski definition) is 4. The summed E-state index contributed by atoms with van der Waals surface area (Å²) in [7, 11) is 0. The lowest BCUT2D eigenvalue weighted by atomic mass is 9.76. The van der Waals surface area contributed by atoms with Crippen molar-refractivity contribution in [1.82, 2.24) is 5.01 Å². The van der Waals surface area contributed by atoms with Crippen molar-refractivity contribution in [2.24, 2.45) is 22.7 Å². The fourth-order valence-corrected chi connectivity index (χ4v) is 6.22. The first kappa shape index (κ1) is 23.8. The van der Waals surface area contributed by atoms with E-state index >= 15 is 0 Å². The number of hydrogen-bond donors (Lipinski definition) is 1. The van der Waals surface area contributed by atoms with Gasteiger partial charge in [-0.2, -0.15) is 5.10 Å². The molecule has 176 valence electrons. The second kappa shape index (κ2) is 9.10. The van der Waals surface area contributed by atoms with E-state index in [0.29, 0.717) is 36.8 Å². The molecular weight excluding hydrogens is 454 g/mol. The summed E-state index contributed by atoms with van der Waals surface area (Å²) in [5, 5.41) is 5.81. The number of carbonyl (C=O) groups excluding carboxylic acids is 1. The van der Waals surface area contributed by atoms with Crippen molar-refractivity contribution in [2.45, 2.75) is 44.4 Å². The van der Waals surface area contributed by atoms with Crippen LogP contribution < -0.4 is 5.73 Å². The molecule has 0 bridgehead atoms. The molecule has 3 atom stereocenters. The van der Waals surface area contributed by atoms with Crippen LogP contribution in [0.3, 0.4) is 0 Å². The van der Waals surface area contributed by atoms with Gasteiger partial charge in [0.1, 0.15) is 33.2 Å². The number of halogens is 4. The van der Waals surface area contributed by atoms with E-state index in [1.807, 2.05) is 6.92 Å². The molecule has 1 heterocycles. The maximum Gasteiger partial charge on any atom is 0.247 e. The van der Waals surface area contributed by atoms with Crippen LogP contribution >= 0.6 is 11.8 Å². The molecule has 4 nitrogen and oxygen atoms in total. The highest BCUT2D eigenvalue weighted by molar-refractivity contribution is 8.15. The average Bonchev–Trinajstić information content (AvgIpc) is 3.17. The van der Waals surface area contributed by atoms with Gasteiger partial charge in [-0.1, -0.05) is 25.6 Å². The molecule has 2 aromatic rings. The standard InChI is InChI=1S/C24H25F4N3OS/c1-3-13(2)23(32)31-24(33-22(30-31)18-10-15(25)5-7-20(18)27)14(8-9-29)4-6-17-19(24)11-16(26)12-21(17)28/h5,7,10-14H,3-4,6,8-9,29H2,1-2H3/t13-,14?,24+/m1/s1. The Morgan fingerprint density at radius 2 is 1.97 bits per heavy atom. The Morgan fingerprint density at radius 1 is 1.21 bits per heavy atom. The van der Waals surface area contributed by atoms with Crippen LogP contribution in [0.4, 0.5) is 17.6 Å². The number of fused-ring (bicyclic) bond motifs is 2. The lowest BCUT2D eigenvalue weighted by molar-refractivity contribution is -0.140. The van der Waals surface area contributed by atoms with Crippen LogP contribution in [0.25, 0.3) is 0 Å². The van der Waals surface area contributed by atoms with Crippen LogP contribution in [0, 0.1) is 35.1 Å². The summed E-state index contributed by atoms with van der Waals surface area (Å²) >= 11 is 1.04. The summed E-state index contributed by atoms with van der Waals surface area (Å²) in [6.07, 6.45) is 1.81. The van der Waals surface area contributed by atoms with E-state index in [-0.39, 0.29) is 29.0 Å². The molecule has 9 heteroatoms. The van der Waals surface area contributed by atoms with E-state index in [1.165, 1.54) is 11.1 Å². The topological polar surface area (TPSA) is 58.7 Å². The van der Waals surface area contributed by atoms with Crippen molar-refractivity contribution < 1.29 is 22.4 Å². The van der Waals surface area contributed by atoms with Gasteiger partial charge in [0.05, 0.1) is 0 Å². The molecule has 0 fully saturated rings. The molecule has 1 amide bonds. The average molecular weight is 480 g/mol. The summed E-state index contributed by atoms with van der Waals surface area (Å²) in [5.41, 5.74) is 6.37. The van der Waals surface area contributed by atoms with Crippen LogP contribution in [0.15, 0.2) is 35.4 Å². The number of benzene rings is 2. The maximum absolute atomic E-state index is 14.8. The third-order valence-electron chi connectivity index (χ3n) is 6.52. The first-order chi connectivity index (χ1) is 15.7. The summed E-state index contributed by atoms with van der Waals surface area (Å²) in [6.45, 7) is 3.88. The van der Waals surface area contributed by atoms with Gasteiger partial charge in [-0.25, -0.2) is 22.6 Å². The van der Waals surface area contributed by atoms with Crippen molar-refractivity contribution in [3.05, 3.63) is 70.3 Å². The minimum Gasteiger partial charge on any atom is -0.330 e. The highest BCUT2D eigenvalue weighted by Crippen LogP contribution is 2.58. The molecule has 0 aromatic heterocycles. The van der Waals surface area contributed by atoms with Gasteiger partial charge in [0.2, 0.25) is 5.91 Å². The molecule has 0 saturated heterocycles. The van der Waals surface area contributed by atoms with E-state index in [2.05, 4.69) is 5.10 Å². The zero-order valence-electron chi connectivity index (χ0n) is 18.4. The number of carbonyl (C=O) groups is 1. The summed E-state index contributed by atoms with van der Waals surface area (Å²) in [6, 6.07) is 5.05. The lowest BCUT2D eigenvalue weighted by Crippen LogP contribution is -2.51. The second-order valence-electron chi connectivity index (χ2n) is 8.51. The Labute approximate surface area is 194 Å². The lowest BCUT2D eigenvalue weighted by Gasteiger charge is -2.46. The smallest absolute Gasteiger partial charge is 0.247 e. The van der Waals surface area contributed by atoms with Gasteiger partial charge < -0.3 is 5.73 Å². The fraction of sp³-hybridized carbons (Fsp3) is 0.417. The van der Waals surface area contributed by atoms with Crippen molar-refractivity contribution in [3.63, 3.8) is 0 Å². The Morgan fingerprint density at radius 3 is 2.67 bits per heavy atom. The molecule has 0 saturated carbocycles. The number of nitrogens with zero attached hydrogens (tertiary/aromatic N) is 2. The van der Waals surface area contributed by atoms with Crippen LogP contribution in [-0.4, -0.2) is 22.5 Å². The van der Waals surface area contributed by atoms with Gasteiger partial charge in [0, 0.05) is 17.5 Å². The van der Waals surface area contributed by atoms with Gasteiger partial charge in [-0.3, -0.25) is 4.79 Å². The minimum absolute atomic E-state index is 0.0863. The van der Waals surface area contributed by atoms with E-state index in [9.17, 15) is 22.4 Å². The Bertz CT molecular complexity index is 1130. The number of rotatable bonds is 5. The normalized spacial score (nSPS) is 22.9. The van der Waals surface area contributed by atoms with E-state index in [1.54, 1.807) is 6.92 Å². The van der Waals surface area contributed by atoms with E-state index in [4.69, 9.17) is 5.73 Å². The minimum atomic E-state index is -1.31. The van der Waals surface area contributed by atoms with E-state index < -0.39 is 34.1 Å². The number of amides is 1. The number of thioether (sulfide) groups is 1. The van der Waals surface area contributed by atoms with Gasteiger partial charge in [-0.15, -0.1) is 0 Å². The largest absolute Gasteiger partial charge is 0.330 e. The first-order valence-electron chi connectivity index (χ1n) is 11.0. The summed E-state index contributed by atoms with van der Waals surface area (Å²) < 4.78 is 58.0. The third kappa shape index (κ3) is 3.95. The molecule has 0 radical (unpaired) electrons. The molecule has 1 aliphatic heterocycles. The quantitative estimate of drug-likeness (QED) is 0.593. The van der Waals surface area contributed by atoms with Crippen LogP contribution in [-0.2, 0) is 16.1 Å². The predicted molar refractivity (Wildman–Crippen MR) is 120 cm³/mol.